The second-order valence-corrected chi connectivity index (χ2v) is 9.23. The Balaban J connectivity index is 2.76. The summed E-state index contributed by atoms with van der Waals surface area (Å²) in [6, 6.07) is 17.1. The highest BCUT2D eigenvalue weighted by molar-refractivity contribution is 6.12. The van der Waals surface area contributed by atoms with Crippen molar-refractivity contribution in [2.45, 2.75) is 51.7 Å². The Morgan fingerprint density at radius 3 is 2.00 bits per heavy atom. The van der Waals surface area contributed by atoms with E-state index in [4.69, 9.17) is 4.74 Å². The third-order valence-corrected chi connectivity index (χ3v) is 5.37. The molecule has 2 rings (SSSR count). The Bertz CT molecular complexity index is 1030. The smallest absolute Gasteiger partial charge is 0.342 e. The highest BCUT2D eigenvalue weighted by Crippen LogP contribution is 2.33. The molecule has 2 aromatic rings. The highest BCUT2D eigenvalue weighted by Gasteiger charge is 2.55. The van der Waals surface area contributed by atoms with Crippen molar-refractivity contribution in [3.63, 3.8) is 0 Å². The minimum absolute atomic E-state index is 0.331. The zero-order chi connectivity index (χ0) is 26.2. The van der Waals surface area contributed by atoms with E-state index in [0.717, 1.165) is 7.11 Å². The Morgan fingerprint density at radius 1 is 0.971 bits per heavy atom. The Labute approximate surface area is 204 Å². The van der Waals surface area contributed by atoms with Crippen molar-refractivity contribution in [2.24, 2.45) is 16.8 Å². The molecule has 0 spiro atoms. The molecule has 0 amide bonds. The molecule has 0 fully saturated rings. The number of aliphatic imine (C=N–C) groups is 1. The molecule has 6 nitrogen and oxygen atoms in total. The van der Waals surface area contributed by atoms with Gasteiger partial charge in [0.15, 0.2) is 5.78 Å². The fourth-order valence-corrected chi connectivity index (χ4v) is 3.57. The largest absolute Gasteiger partial charge is 0.469 e. The quantitative estimate of drug-likeness (QED) is 0.276. The number of ketones is 1. The number of halogens is 2. The normalized spacial score (nSPS) is 15.3. The van der Waals surface area contributed by atoms with Gasteiger partial charge < -0.3 is 9.47 Å². The van der Waals surface area contributed by atoms with E-state index in [2.05, 4.69) is 9.73 Å². The molecule has 3 atom stereocenters. The number of Topliss-reactive ketones (excluding diaryl/α,β-unsaturated/α-hetero) is 1. The molecule has 188 valence electrons. The standard InChI is InChI=1S/C27H31F2NO5/c1-18(24(32)34-5)21(23(28)29)22(31)27(25(33)35-26(2,3)4,16-19-12-8-6-9-13-19)30-17-20-14-10-7-11-15-20/h6-15,17-18,21,23H,16H2,1-5H3. The van der Waals surface area contributed by atoms with E-state index in [1.807, 2.05) is 0 Å². The number of esters is 2. The summed E-state index contributed by atoms with van der Waals surface area (Å²) in [6.45, 7) is 5.98. The minimum Gasteiger partial charge on any atom is -0.469 e. The van der Waals surface area contributed by atoms with Crippen molar-refractivity contribution in [1.82, 2.24) is 0 Å². The lowest BCUT2D eigenvalue weighted by Crippen LogP contribution is -2.55. The number of nitrogens with zero attached hydrogens (tertiary/aromatic N) is 1. The number of hydrogen-bond acceptors (Lipinski definition) is 6. The van der Waals surface area contributed by atoms with Crippen LogP contribution in [-0.2, 0) is 30.3 Å². The number of methoxy groups -OCH3 is 1. The SMILES string of the molecule is COC(=O)C(C)C(C(=O)C(Cc1ccccc1)(N=Cc1ccccc1)C(=O)OC(C)(C)C)C(F)F. The van der Waals surface area contributed by atoms with Gasteiger partial charge in [-0.25, -0.2) is 13.6 Å². The summed E-state index contributed by atoms with van der Waals surface area (Å²) in [5.41, 5.74) is -2.34. The Kier molecular flexibility index (Phi) is 9.40. The van der Waals surface area contributed by atoms with Gasteiger partial charge in [0.2, 0.25) is 12.0 Å². The van der Waals surface area contributed by atoms with Crippen molar-refractivity contribution >= 4 is 23.9 Å². The van der Waals surface area contributed by atoms with Crippen LogP contribution < -0.4 is 0 Å². The number of rotatable bonds is 10. The van der Waals surface area contributed by atoms with Gasteiger partial charge in [-0.05, 0) is 31.9 Å². The van der Waals surface area contributed by atoms with Crippen LogP contribution in [0.4, 0.5) is 8.78 Å². The third kappa shape index (κ3) is 7.28. The highest BCUT2D eigenvalue weighted by atomic mass is 19.3. The molecule has 2 aromatic carbocycles. The lowest BCUT2D eigenvalue weighted by atomic mass is 9.76. The van der Waals surface area contributed by atoms with Crippen molar-refractivity contribution in [3.05, 3.63) is 71.8 Å². The summed E-state index contributed by atoms with van der Waals surface area (Å²) in [5.74, 6) is -6.94. The number of carbonyl (C=O) groups is 3. The maximum Gasteiger partial charge on any atom is 0.342 e. The zero-order valence-electron chi connectivity index (χ0n) is 20.5. The topological polar surface area (TPSA) is 82.0 Å². The summed E-state index contributed by atoms with van der Waals surface area (Å²) in [5, 5.41) is 0. The first-order valence-electron chi connectivity index (χ1n) is 11.2. The van der Waals surface area contributed by atoms with E-state index in [1.165, 1.54) is 13.1 Å². The predicted octanol–water partition coefficient (Wildman–Crippen LogP) is 4.69. The monoisotopic (exact) mass is 487 g/mol. The molecule has 0 aromatic heterocycles. The second kappa shape index (κ2) is 11.8. The molecule has 0 saturated heterocycles. The number of benzene rings is 2. The van der Waals surface area contributed by atoms with Gasteiger partial charge in [0.05, 0.1) is 18.9 Å². The van der Waals surface area contributed by atoms with Gasteiger partial charge in [-0.2, -0.15) is 0 Å². The average Bonchev–Trinajstić information content (AvgIpc) is 2.81. The molecular weight excluding hydrogens is 456 g/mol. The van der Waals surface area contributed by atoms with Crippen LogP contribution in [0.5, 0.6) is 0 Å². The van der Waals surface area contributed by atoms with Crippen LogP contribution in [0.3, 0.4) is 0 Å². The van der Waals surface area contributed by atoms with Gasteiger partial charge in [-0.1, -0.05) is 67.6 Å². The van der Waals surface area contributed by atoms with Gasteiger partial charge in [0, 0.05) is 12.6 Å². The molecule has 0 radical (unpaired) electrons. The molecule has 0 saturated carbocycles. The molecule has 35 heavy (non-hydrogen) atoms. The number of alkyl halides is 2. The van der Waals surface area contributed by atoms with E-state index in [0.29, 0.717) is 11.1 Å². The van der Waals surface area contributed by atoms with Crippen LogP contribution in [-0.4, -0.2) is 48.6 Å². The fraction of sp³-hybridized carbons (Fsp3) is 0.407. The number of carbonyl (C=O) groups excluding carboxylic acids is 3. The van der Waals surface area contributed by atoms with E-state index in [9.17, 15) is 23.2 Å². The van der Waals surface area contributed by atoms with Crippen LogP contribution in [0.2, 0.25) is 0 Å². The van der Waals surface area contributed by atoms with E-state index < -0.39 is 47.1 Å². The van der Waals surface area contributed by atoms with Crippen LogP contribution in [0.1, 0.15) is 38.8 Å². The summed E-state index contributed by atoms with van der Waals surface area (Å²) >= 11 is 0. The second-order valence-electron chi connectivity index (χ2n) is 9.23. The van der Waals surface area contributed by atoms with E-state index in [1.54, 1.807) is 81.4 Å². The molecule has 0 aliphatic heterocycles. The van der Waals surface area contributed by atoms with Gasteiger partial charge in [0.25, 0.3) is 0 Å². The Morgan fingerprint density at radius 2 is 1.51 bits per heavy atom. The number of ether oxygens (including phenoxy) is 2. The van der Waals surface area contributed by atoms with Gasteiger partial charge in [-0.3, -0.25) is 14.6 Å². The number of hydrogen-bond donors (Lipinski definition) is 0. The van der Waals surface area contributed by atoms with Crippen LogP contribution >= 0.6 is 0 Å². The fourth-order valence-electron chi connectivity index (χ4n) is 3.57. The van der Waals surface area contributed by atoms with E-state index in [-0.39, 0.29) is 6.42 Å². The Hall–Kier alpha value is -3.42. The summed E-state index contributed by atoms with van der Waals surface area (Å²) < 4.78 is 38.8. The lowest BCUT2D eigenvalue weighted by Gasteiger charge is -2.34. The first-order valence-corrected chi connectivity index (χ1v) is 11.2. The van der Waals surface area contributed by atoms with Crippen LogP contribution in [0.25, 0.3) is 0 Å². The first kappa shape index (κ1) is 27.8. The van der Waals surface area contributed by atoms with Crippen LogP contribution in [0.15, 0.2) is 65.7 Å². The third-order valence-electron chi connectivity index (χ3n) is 5.37. The lowest BCUT2D eigenvalue weighted by molar-refractivity contribution is -0.168. The molecule has 0 heterocycles. The van der Waals surface area contributed by atoms with Gasteiger partial charge in [0.1, 0.15) is 5.60 Å². The summed E-state index contributed by atoms with van der Waals surface area (Å²) in [6.07, 6.45) is -2.29. The van der Waals surface area contributed by atoms with Crippen LogP contribution in [0, 0.1) is 11.8 Å². The maximum atomic E-state index is 14.3. The van der Waals surface area contributed by atoms with Gasteiger partial charge in [-0.15, -0.1) is 0 Å². The van der Waals surface area contributed by atoms with Crippen molar-refractivity contribution in [1.29, 1.82) is 0 Å². The van der Waals surface area contributed by atoms with E-state index >= 15 is 0 Å². The zero-order valence-corrected chi connectivity index (χ0v) is 20.5. The molecule has 0 aliphatic carbocycles. The molecule has 0 aliphatic rings. The first-order chi connectivity index (χ1) is 16.4. The molecular formula is C27H31F2NO5. The molecule has 0 bridgehead atoms. The average molecular weight is 488 g/mol. The van der Waals surface area contributed by atoms with Gasteiger partial charge >= 0.3 is 11.9 Å². The maximum absolute atomic E-state index is 14.3. The molecule has 0 N–H and O–H groups in total. The summed E-state index contributed by atoms with van der Waals surface area (Å²) in [7, 11) is 1.05. The minimum atomic E-state index is -3.25. The summed E-state index contributed by atoms with van der Waals surface area (Å²) in [4.78, 5) is 44.0. The predicted molar refractivity (Wildman–Crippen MR) is 128 cm³/mol. The van der Waals surface area contributed by atoms with Crippen molar-refractivity contribution in [2.75, 3.05) is 7.11 Å². The molecule has 8 heteroatoms. The molecule has 3 unspecified atom stereocenters. The van der Waals surface area contributed by atoms with Crippen molar-refractivity contribution < 1.29 is 32.6 Å². The van der Waals surface area contributed by atoms with Crippen molar-refractivity contribution in [3.8, 4) is 0 Å².